The van der Waals surface area contributed by atoms with Crippen LogP contribution in [0.15, 0.2) is 73.2 Å². The van der Waals surface area contributed by atoms with E-state index in [9.17, 15) is 9.18 Å². The molecule has 0 aliphatic carbocycles. The molecule has 2 aromatic carbocycles. The lowest BCUT2D eigenvalue weighted by Crippen LogP contribution is -2.25. The molecule has 3 heterocycles. The van der Waals surface area contributed by atoms with Crippen LogP contribution in [0.4, 0.5) is 4.39 Å². The largest absolute Gasteiger partial charge is 0.486 e. The van der Waals surface area contributed by atoms with Gasteiger partial charge in [0.15, 0.2) is 17.3 Å². The first-order valence-corrected chi connectivity index (χ1v) is 9.84. The van der Waals surface area contributed by atoms with E-state index in [0.29, 0.717) is 41.8 Å². The maximum atomic E-state index is 13.4. The summed E-state index contributed by atoms with van der Waals surface area (Å²) in [6, 6.07) is 15.3. The predicted octanol–water partition coefficient (Wildman–Crippen LogP) is 3.50. The zero-order valence-electron chi connectivity index (χ0n) is 16.5. The highest BCUT2D eigenvalue weighted by Crippen LogP contribution is 2.33. The molecule has 5 rings (SSSR count). The summed E-state index contributed by atoms with van der Waals surface area (Å²) in [7, 11) is 0. The number of amides is 1. The van der Waals surface area contributed by atoms with E-state index in [1.54, 1.807) is 21.4 Å². The van der Waals surface area contributed by atoms with Crippen LogP contribution in [0.1, 0.15) is 15.9 Å². The van der Waals surface area contributed by atoms with E-state index in [2.05, 4.69) is 10.4 Å². The molecule has 1 N–H and O–H groups in total. The third-order valence-electron chi connectivity index (χ3n) is 5.00. The van der Waals surface area contributed by atoms with Gasteiger partial charge in [-0.2, -0.15) is 5.10 Å². The third-order valence-corrected chi connectivity index (χ3v) is 5.00. The van der Waals surface area contributed by atoms with Crippen molar-refractivity contribution < 1.29 is 18.7 Å². The number of hydrogen-bond acceptors (Lipinski definition) is 4. The van der Waals surface area contributed by atoms with Gasteiger partial charge < -0.3 is 19.4 Å². The van der Waals surface area contributed by atoms with Crippen molar-refractivity contribution in [2.45, 2.75) is 6.54 Å². The number of fused-ring (bicyclic) bond motifs is 1. The summed E-state index contributed by atoms with van der Waals surface area (Å²) >= 11 is 0. The topological polar surface area (TPSA) is 70.3 Å². The number of aromatic nitrogens is 3. The maximum Gasteiger partial charge on any atom is 0.256 e. The van der Waals surface area contributed by atoms with Gasteiger partial charge in [0.25, 0.3) is 5.91 Å². The van der Waals surface area contributed by atoms with E-state index < -0.39 is 0 Å². The summed E-state index contributed by atoms with van der Waals surface area (Å²) in [4.78, 5) is 13.1. The summed E-state index contributed by atoms with van der Waals surface area (Å²) in [6.45, 7) is 1.25. The molecular weight excluding hydrogens is 399 g/mol. The Morgan fingerprint density at radius 2 is 1.81 bits per heavy atom. The van der Waals surface area contributed by atoms with Crippen molar-refractivity contribution in [3.05, 3.63) is 90.1 Å². The average Bonchev–Trinajstić information content (AvgIpc) is 3.48. The van der Waals surface area contributed by atoms with Gasteiger partial charge in [-0.05, 0) is 42.5 Å². The number of benzene rings is 2. The van der Waals surface area contributed by atoms with Gasteiger partial charge in [0.1, 0.15) is 24.6 Å². The summed E-state index contributed by atoms with van der Waals surface area (Å²) in [5.74, 6) is 1.26. The minimum absolute atomic E-state index is 0.276. The number of halogens is 1. The van der Waals surface area contributed by atoms with Crippen molar-refractivity contribution in [2.75, 3.05) is 13.2 Å². The van der Waals surface area contributed by atoms with Gasteiger partial charge in [0, 0.05) is 24.5 Å². The highest BCUT2D eigenvalue weighted by atomic mass is 19.1. The summed E-state index contributed by atoms with van der Waals surface area (Å²) in [6.07, 6.45) is 5.16. The molecule has 0 saturated carbocycles. The number of hydrogen-bond donors (Lipinski definition) is 1. The van der Waals surface area contributed by atoms with Crippen molar-refractivity contribution in [3.8, 4) is 23.0 Å². The van der Waals surface area contributed by atoms with Crippen LogP contribution in [-0.4, -0.2) is 33.5 Å². The lowest BCUT2D eigenvalue weighted by atomic mass is 10.1. The lowest BCUT2D eigenvalue weighted by Gasteiger charge is -2.21. The zero-order valence-corrected chi connectivity index (χ0v) is 16.5. The van der Waals surface area contributed by atoms with Gasteiger partial charge in [-0.25, -0.2) is 9.07 Å². The molecule has 1 aliphatic heterocycles. The van der Waals surface area contributed by atoms with Gasteiger partial charge in [-0.3, -0.25) is 4.79 Å². The van der Waals surface area contributed by atoms with Crippen molar-refractivity contribution in [1.82, 2.24) is 19.7 Å². The fourth-order valence-corrected chi connectivity index (χ4v) is 3.54. The number of nitrogens with zero attached hydrogens (tertiary/aromatic N) is 3. The second kappa shape index (κ2) is 7.98. The monoisotopic (exact) mass is 418 g/mol. The highest BCUT2D eigenvalue weighted by Gasteiger charge is 2.21. The number of carbonyl (C=O) groups is 1. The van der Waals surface area contributed by atoms with Gasteiger partial charge in [-0.15, -0.1) is 0 Å². The highest BCUT2D eigenvalue weighted by molar-refractivity contribution is 5.97. The van der Waals surface area contributed by atoms with Crippen LogP contribution >= 0.6 is 0 Å². The third kappa shape index (κ3) is 3.63. The standard InChI is InChI=1S/C23H19FN4O3/c24-17-6-8-18(9-7-17)28-23(27-10-1-2-11-27)19(15-26-28)22(29)25-14-16-4-3-5-20-21(16)31-13-12-30-20/h1-11,15H,12-14H2,(H,25,29). The molecule has 0 spiro atoms. The molecule has 0 radical (unpaired) electrons. The van der Waals surface area contributed by atoms with E-state index in [4.69, 9.17) is 9.47 Å². The van der Waals surface area contributed by atoms with Crippen molar-refractivity contribution in [2.24, 2.45) is 0 Å². The van der Waals surface area contributed by atoms with E-state index in [1.807, 2.05) is 42.7 Å². The zero-order chi connectivity index (χ0) is 21.2. The molecule has 0 unspecified atom stereocenters. The quantitative estimate of drug-likeness (QED) is 0.539. The molecule has 31 heavy (non-hydrogen) atoms. The minimum atomic E-state index is -0.339. The van der Waals surface area contributed by atoms with Crippen molar-refractivity contribution in [1.29, 1.82) is 0 Å². The molecule has 8 heteroatoms. The SMILES string of the molecule is O=C(NCc1cccc2c1OCCO2)c1cnn(-c2ccc(F)cc2)c1-n1cccc1. The number of carbonyl (C=O) groups excluding carboxylic acids is 1. The summed E-state index contributed by atoms with van der Waals surface area (Å²) in [5, 5.41) is 7.33. The van der Waals surface area contributed by atoms with Crippen LogP contribution in [0.2, 0.25) is 0 Å². The Morgan fingerprint density at radius 3 is 2.61 bits per heavy atom. The fourth-order valence-electron chi connectivity index (χ4n) is 3.54. The molecule has 0 atom stereocenters. The summed E-state index contributed by atoms with van der Waals surface area (Å²) < 4.78 is 28.1. The van der Waals surface area contributed by atoms with Gasteiger partial charge in [0.05, 0.1) is 11.9 Å². The van der Waals surface area contributed by atoms with Crippen LogP contribution in [0.5, 0.6) is 11.5 Å². The fraction of sp³-hybridized carbons (Fsp3) is 0.130. The van der Waals surface area contributed by atoms with Crippen LogP contribution in [-0.2, 0) is 6.54 Å². The second-order valence-corrected chi connectivity index (χ2v) is 6.98. The van der Waals surface area contributed by atoms with E-state index in [1.165, 1.54) is 18.3 Å². The van der Waals surface area contributed by atoms with Crippen LogP contribution < -0.4 is 14.8 Å². The first kappa shape index (κ1) is 18.9. The Hall–Kier alpha value is -4.07. The van der Waals surface area contributed by atoms with Crippen LogP contribution in [0.3, 0.4) is 0 Å². The Bertz CT molecular complexity index is 1220. The molecule has 7 nitrogen and oxygen atoms in total. The molecule has 2 aromatic heterocycles. The van der Waals surface area contributed by atoms with Crippen LogP contribution in [0.25, 0.3) is 11.5 Å². The molecule has 0 saturated heterocycles. The molecule has 0 bridgehead atoms. The smallest absolute Gasteiger partial charge is 0.256 e. The molecular formula is C23H19FN4O3. The van der Waals surface area contributed by atoms with Gasteiger partial charge in [0.2, 0.25) is 0 Å². The Labute approximate surface area is 177 Å². The van der Waals surface area contributed by atoms with E-state index in [-0.39, 0.29) is 18.3 Å². The molecule has 1 aliphatic rings. The number of para-hydroxylation sites is 1. The van der Waals surface area contributed by atoms with E-state index in [0.717, 1.165) is 5.56 Å². The van der Waals surface area contributed by atoms with Crippen molar-refractivity contribution >= 4 is 5.91 Å². The maximum absolute atomic E-state index is 13.4. The molecule has 156 valence electrons. The Kier molecular flexibility index (Phi) is 4.87. The predicted molar refractivity (Wildman–Crippen MR) is 111 cm³/mol. The molecule has 0 fully saturated rings. The lowest BCUT2D eigenvalue weighted by molar-refractivity contribution is 0.0950. The number of rotatable bonds is 5. The first-order chi connectivity index (χ1) is 15.2. The van der Waals surface area contributed by atoms with Gasteiger partial charge >= 0.3 is 0 Å². The Morgan fingerprint density at radius 1 is 1.03 bits per heavy atom. The number of ether oxygens (including phenoxy) is 2. The van der Waals surface area contributed by atoms with Crippen molar-refractivity contribution in [3.63, 3.8) is 0 Å². The number of nitrogens with one attached hydrogen (secondary N) is 1. The Balaban J connectivity index is 1.45. The molecule has 4 aromatic rings. The minimum Gasteiger partial charge on any atom is -0.486 e. The first-order valence-electron chi connectivity index (χ1n) is 9.84. The average molecular weight is 418 g/mol. The summed E-state index contributed by atoms with van der Waals surface area (Å²) in [5.41, 5.74) is 1.87. The normalized spacial score (nSPS) is 12.5. The van der Waals surface area contributed by atoms with Gasteiger partial charge in [-0.1, -0.05) is 12.1 Å². The second-order valence-electron chi connectivity index (χ2n) is 6.98. The molecule has 1 amide bonds. The van der Waals surface area contributed by atoms with Crippen LogP contribution in [0, 0.1) is 5.82 Å². The van der Waals surface area contributed by atoms with E-state index >= 15 is 0 Å².